The molecule has 0 fully saturated rings. The van der Waals surface area contributed by atoms with Gasteiger partial charge in [0, 0.05) is 36.5 Å². The van der Waals surface area contributed by atoms with Crippen molar-refractivity contribution in [2.45, 2.75) is 25.7 Å². The van der Waals surface area contributed by atoms with Crippen molar-refractivity contribution in [1.82, 2.24) is 5.32 Å². The summed E-state index contributed by atoms with van der Waals surface area (Å²) in [7, 11) is 1.63. The third kappa shape index (κ3) is 16.8. The molecule has 2 aromatic carbocycles. The number of nitrogens with zero attached hydrogens (tertiary/aromatic N) is 1. The Balaban J connectivity index is 1.86. The summed E-state index contributed by atoms with van der Waals surface area (Å²) in [6.07, 6.45) is 10.5. The molecule has 0 spiro atoms. The number of aliphatic imine (C=N–C) groups is 1. The lowest BCUT2D eigenvalue weighted by Gasteiger charge is -2.12. The SMILES string of the molecule is C#Cc1ccc(C#Cc2ccc(NC(=O)NCCCCCCN=C=O)cc2OCCOCCOCCOCCOC)cc1. The van der Waals surface area contributed by atoms with Gasteiger partial charge < -0.3 is 34.3 Å². The van der Waals surface area contributed by atoms with Crippen molar-refractivity contribution in [1.29, 1.82) is 0 Å². The zero-order valence-electron chi connectivity index (χ0n) is 24.8. The van der Waals surface area contributed by atoms with Crippen molar-refractivity contribution in [3.63, 3.8) is 0 Å². The Kier molecular flexibility index (Phi) is 19.1. The molecule has 2 N–H and O–H groups in total. The predicted octanol–water partition coefficient (Wildman–Crippen LogP) is 4.16. The lowest BCUT2D eigenvalue weighted by Crippen LogP contribution is -2.29. The van der Waals surface area contributed by atoms with Crippen molar-refractivity contribution in [2.24, 2.45) is 4.99 Å². The first-order chi connectivity index (χ1) is 21.2. The standard InChI is InChI=1S/C33H41N3O7/c1-3-28-8-10-29(11-9-28)12-13-30-14-15-31(36-33(38)35-17-7-5-4-6-16-34-27-37)26-32(30)43-25-24-42-23-22-41-21-20-40-19-18-39-2/h1,8-11,14-15,26H,4-7,16-25H2,2H3,(H2,35,36,38). The van der Waals surface area contributed by atoms with Crippen molar-refractivity contribution in [2.75, 3.05) is 78.4 Å². The van der Waals surface area contributed by atoms with Gasteiger partial charge in [-0.05, 0) is 49.2 Å². The maximum atomic E-state index is 12.4. The Hall–Kier alpha value is -4.15. The molecule has 0 aliphatic rings. The monoisotopic (exact) mass is 591 g/mol. The molecular formula is C33H41N3O7. The number of anilines is 1. The van der Waals surface area contributed by atoms with Crippen LogP contribution in [0.15, 0.2) is 47.5 Å². The van der Waals surface area contributed by atoms with Gasteiger partial charge in [-0.25, -0.2) is 14.6 Å². The minimum absolute atomic E-state index is 0.291. The van der Waals surface area contributed by atoms with Gasteiger partial charge in [-0.1, -0.05) is 30.6 Å². The molecule has 0 unspecified atom stereocenters. The molecular weight excluding hydrogens is 550 g/mol. The number of isocyanates is 1. The number of hydrogen-bond acceptors (Lipinski definition) is 8. The Morgan fingerprint density at radius 1 is 0.814 bits per heavy atom. The number of ether oxygens (including phenoxy) is 5. The summed E-state index contributed by atoms with van der Waals surface area (Å²) in [6.45, 7) is 4.65. The van der Waals surface area contributed by atoms with Crippen LogP contribution in [0.5, 0.6) is 5.75 Å². The highest BCUT2D eigenvalue weighted by atomic mass is 16.6. The largest absolute Gasteiger partial charge is 0.490 e. The maximum Gasteiger partial charge on any atom is 0.319 e. The summed E-state index contributed by atoms with van der Waals surface area (Å²) < 4.78 is 27.3. The molecule has 0 bridgehead atoms. The number of rotatable bonds is 21. The first kappa shape index (κ1) is 35.0. The second-order valence-corrected chi connectivity index (χ2v) is 9.13. The average molecular weight is 592 g/mol. The highest BCUT2D eigenvalue weighted by Gasteiger charge is 2.07. The van der Waals surface area contributed by atoms with Crippen molar-refractivity contribution in [3.8, 4) is 29.9 Å². The van der Waals surface area contributed by atoms with Gasteiger partial charge in [-0.3, -0.25) is 0 Å². The van der Waals surface area contributed by atoms with Crippen LogP contribution in [-0.2, 0) is 23.7 Å². The van der Waals surface area contributed by atoms with E-state index in [1.807, 2.05) is 24.3 Å². The summed E-state index contributed by atoms with van der Waals surface area (Å²) in [5, 5.41) is 5.69. The molecule has 0 aliphatic heterocycles. The van der Waals surface area contributed by atoms with E-state index in [9.17, 15) is 9.59 Å². The summed E-state index contributed by atoms with van der Waals surface area (Å²) in [5.41, 5.74) is 2.84. The molecule has 0 aliphatic carbocycles. The van der Waals surface area contributed by atoms with Gasteiger partial charge in [-0.15, -0.1) is 6.42 Å². The molecule has 43 heavy (non-hydrogen) atoms. The van der Waals surface area contributed by atoms with E-state index in [1.165, 1.54) is 6.08 Å². The second kappa shape index (κ2) is 23.4. The molecule has 0 aromatic heterocycles. The highest BCUT2D eigenvalue weighted by Crippen LogP contribution is 2.23. The van der Waals surface area contributed by atoms with Crippen LogP contribution in [0.25, 0.3) is 0 Å². The van der Waals surface area contributed by atoms with Crippen LogP contribution in [0.3, 0.4) is 0 Å². The van der Waals surface area contributed by atoms with Crippen LogP contribution in [-0.4, -0.2) is 85.2 Å². The summed E-state index contributed by atoms with van der Waals surface area (Å²) >= 11 is 0. The van der Waals surface area contributed by atoms with E-state index < -0.39 is 0 Å². The van der Waals surface area contributed by atoms with Gasteiger partial charge >= 0.3 is 6.03 Å². The van der Waals surface area contributed by atoms with Crippen LogP contribution in [0, 0.1) is 24.2 Å². The highest BCUT2D eigenvalue weighted by molar-refractivity contribution is 5.89. The molecule has 0 radical (unpaired) electrons. The van der Waals surface area contributed by atoms with Gasteiger partial charge in [0.2, 0.25) is 6.08 Å². The minimum atomic E-state index is -0.309. The Labute approximate surface area is 254 Å². The van der Waals surface area contributed by atoms with E-state index in [1.54, 1.807) is 25.3 Å². The van der Waals surface area contributed by atoms with E-state index in [2.05, 4.69) is 33.4 Å². The molecule has 10 heteroatoms. The number of terminal acetylenes is 1. The smallest absolute Gasteiger partial charge is 0.319 e. The van der Waals surface area contributed by atoms with Gasteiger partial charge in [0.15, 0.2) is 0 Å². The summed E-state index contributed by atoms with van der Waals surface area (Å²) in [4.78, 5) is 26.0. The number of methoxy groups -OCH3 is 1. The number of hydrogen-bond donors (Lipinski definition) is 2. The lowest BCUT2D eigenvalue weighted by molar-refractivity contribution is 0.000157. The number of unbranched alkanes of at least 4 members (excludes halogenated alkanes) is 3. The minimum Gasteiger partial charge on any atom is -0.490 e. The number of amides is 2. The molecule has 0 saturated heterocycles. The number of urea groups is 1. The third-order valence-electron chi connectivity index (χ3n) is 5.84. The fourth-order valence-corrected chi connectivity index (χ4v) is 3.60. The third-order valence-corrected chi connectivity index (χ3v) is 5.84. The lowest BCUT2D eigenvalue weighted by atomic mass is 10.1. The van der Waals surface area contributed by atoms with Gasteiger partial charge in [-0.2, -0.15) is 0 Å². The van der Waals surface area contributed by atoms with E-state index in [0.717, 1.165) is 36.8 Å². The predicted molar refractivity (Wildman–Crippen MR) is 165 cm³/mol. The van der Waals surface area contributed by atoms with Crippen LogP contribution in [0.1, 0.15) is 42.4 Å². The molecule has 0 atom stereocenters. The Morgan fingerprint density at radius 3 is 2.14 bits per heavy atom. The Bertz CT molecular complexity index is 1230. The van der Waals surface area contributed by atoms with Gasteiger partial charge in [0.1, 0.15) is 12.4 Å². The summed E-state index contributed by atoms with van der Waals surface area (Å²) in [5.74, 6) is 9.39. The van der Waals surface area contributed by atoms with E-state index in [0.29, 0.717) is 82.9 Å². The first-order valence-corrected chi connectivity index (χ1v) is 14.3. The number of carbonyl (C=O) groups is 1. The van der Waals surface area contributed by atoms with Crippen molar-refractivity contribution >= 4 is 17.8 Å². The molecule has 0 saturated carbocycles. The zero-order valence-corrected chi connectivity index (χ0v) is 24.8. The van der Waals surface area contributed by atoms with Gasteiger partial charge in [0.25, 0.3) is 0 Å². The number of carbonyl (C=O) groups excluding carboxylic acids is 2. The average Bonchev–Trinajstić information content (AvgIpc) is 3.02. The second-order valence-electron chi connectivity index (χ2n) is 9.13. The molecule has 2 amide bonds. The van der Waals surface area contributed by atoms with Crippen molar-refractivity contribution in [3.05, 3.63) is 59.2 Å². The molecule has 230 valence electrons. The molecule has 0 heterocycles. The molecule has 2 rings (SSSR count). The van der Waals surface area contributed by atoms with Crippen LogP contribution in [0.2, 0.25) is 0 Å². The number of nitrogens with one attached hydrogen (secondary N) is 2. The quantitative estimate of drug-likeness (QED) is 0.0969. The molecule has 2 aromatic rings. The fourth-order valence-electron chi connectivity index (χ4n) is 3.60. The Morgan fingerprint density at radius 2 is 1.47 bits per heavy atom. The zero-order chi connectivity index (χ0) is 30.8. The summed E-state index contributed by atoms with van der Waals surface area (Å²) in [6, 6.07) is 12.4. The van der Waals surface area contributed by atoms with Crippen LogP contribution >= 0.6 is 0 Å². The van der Waals surface area contributed by atoms with Crippen molar-refractivity contribution < 1.29 is 33.3 Å². The first-order valence-electron chi connectivity index (χ1n) is 14.3. The van der Waals surface area contributed by atoms with Crippen LogP contribution in [0.4, 0.5) is 10.5 Å². The topological polar surface area (TPSA) is 117 Å². The normalized spacial score (nSPS) is 10.1. The van der Waals surface area contributed by atoms with E-state index in [-0.39, 0.29) is 6.03 Å². The maximum absolute atomic E-state index is 12.4. The van der Waals surface area contributed by atoms with E-state index in [4.69, 9.17) is 30.1 Å². The molecule has 10 nitrogen and oxygen atoms in total. The van der Waals surface area contributed by atoms with Gasteiger partial charge in [0.05, 0.1) is 58.4 Å². The number of benzene rings is 2. The van der Waals surface area contributed by atoms with E-state index >= 15 is 0 Å². The van der Waals surface area contributed by atoms with Crippen LogP contribution < -0.4 is 15.4 Å². The fraction of sp³-hybridized carbons (Fsp3) is 0.455.